The van der Waals surface area contributed by atoms with E-state index in [1.54, 1.807) is 13.0 Å². The minimum atomic E-state index is -2.60. The van der Waals surface area contributed by atoms with E-state index < -0.39 is 46.4 Å². The van der Waals surface area contributed by atoms with E-state index in [9.17, 15) is 29.7 Å². The quantitative estimate of drug-likeness (QED) is 0.463. The van der Waals surface area contributed by atoms with Crippen LogP contribution in [0.15, 0.2) is 17.4 Å². The molecule has 0 saturated carbocycles. The van der Waals surface area contributed by atoms with Gasteiger partial charge in [0.2, 0.25) is 5.78 Å². The molecule has 27 heavy (non-hydrogen) atoms. The third-order valence-corrected chi connectivity index (χ3v) is 5.64. The van der Waals surface area contributed by atoms with Gasteiger partial charge in [-0.25, -0.2) is 0 Å². The molecule has 1 aromatic rings. The van der Waals surface area contributed by atoms with Gasteiger partial charge in [-0.1, -0.05) is 19.4 Å². The van der Waals surface area contributed by atoms with Crippen LogP contribution in [0.4, 0.5) is 0 Å². The minimum Gasteiger partial charge on any atom is -0.508 e. The maximum absolute atomic E-state index is 13.1. The number of phenolic OH excluding ortho intramolecular Hbond substituents is 1. The summed E-state index contributed by atoms with van der Waals surface area (Å²) >= 11 is 0. The Kier molecular flexibility index (Phi) is 4.36. The summed E-state index contributed by atoms with van der Waals surface area (Å²) in [7, 11) is 0. The van der Waals surface area contributed by atoms with Gasteiger partial charge in [-0.3, -0.25) is 14.4 Å². The molecule has 7 N–H and O–H groups in total. The molecule has 0 aliphatic heterocycles. The van der Waals surface area contributed by atoms with Crippen molar-refractivity contribution in [1.82, 2.24) is 0 Å². The van der Waals surface area contributed by atoms with E-state index in [2.05, 4.69) is 0 Å². The number of aliphatic hydroxyl groups excluding tert-OH is 1. The number of aryl methyl sites for hydroxylation is 1. The lowest BCUT2D eigenvalue weighted by atomic mass is 9.62. The van der Waals surface area contributed by atoms with Crippen LogP contribution >= 0.6 is 0 Å². The Morgan fingerprint density at radius 1 is 1.33 bits per heavy atom. The summed E-state index contributed by atoms with van der Waals surface area (Å²) in [6.45, 7) is 3.63. The van der Waals surface area contributed by atoms with E-state index in [0.717, 1.165) is 12.0 Å². The highest BCUT2D eigenvalue weighted by Gasteiger charge is 2.60. The number of ketones is 2. The summed E-state index contributed by atoms with van der Waals surface area (Å²) in [6.07, 6.45) is 1.48. The van der Waals surface area contributed by atoms with Crippen molar-refractivity contribution >= 4 is 17.5 Å². The summed E-state index contributed by atoms with van der Waals surface area (Å²) < 4.78 is 0. The van der Waals surface area contributed by atoms with Crippen molar-refractivity contribution in [2.24, 2.45) is 17.4 Å². The molecule has 2 aliphatic carbocycles. The number of carbonyl (C=O) groups excluding carboxylic acids is 3. The summed E-state index contributed by atoms with van der Waals surface area (Å²) in [6, 6.07) is 0.357. The average Bonchev–Trinajstić information content (AvgIpc) is 2.60. The molecule has 1 unspecified atom stereocenters. The number of aliphatic hydroxyl groups is 2. The molecule has 1 aromatic carbocycles. The standard InChI is InChI=1S/C19H22N2O6/c1-3-4-8-5-9-6-10-13(20)15(23)12(18(21)26)17(25)19(10,27)16(24)11(9)14(22)7(8)2/h5,10,13,22,25,27H,3-4,6,20H2,1-2H3,(H2,21,26)/t10-,13?,19-/m0/s1. The zero-order chi connectivity index (χ0) is 20.3. The average molecular weight is 374 g/mol. The van der Waals surface area contributed by atoms with E-state index in [1.807, 2.05) is 6.92 Å². The molecule has 3 atom stereocenters. The lowest BCUT2D eigenvalue weighted by molar-refractivity contribution is -0.127. The van der Waals surface area contributed by atoms with Crippen LogP contribution in [-0.4, -0.2) is 44.4 Å². The van der Waals surface area contributed by atoms with Crippen molar-refractivity contribution in [2.75, 3.05) is 0 Å². The first-order valence-corrected chi connectivity index (χ1v) is 8.72. The van der Waals surface area contributed by atoms with E-state index in [-0.39, 0.29) is 17.7 Å². The number of phenols is 1. The van der Waals surface area contributed by atoms with Crippen molar-refractivity contribution in [3.05, 3.63) is 39.7 Å². The van der Waals surface area contributed by atoms with Gasteiger partial charge in [-0.05, 0) is 36.5 Å². The summed E-state index contributed by atoms with van der Waals surface area (Å²) in [5.41, 5.74) is 9.23. The van der Waals surface area contributed by atoms with Crippen molar-refractivity contribution < 1.29 is 29.7 Å². The van der Waals surface area contributed by atoms with Gasteiger partial charge in [-0.2, -0.15) is 0 Å². The maximum atomic E-state index is 13.1. The van der Waals surface area contributed by atoms with Gasteiger partial charge in [0.15, 0.2) is 11.4 Å². The number of benzene rings is 1. The first-order chi connectivity index (χ1) is 12.6. The molecule has 0 fully saturated rings. The number of nitrogens with two attached hydrogens (primary N) is 2. The van der Waals surface area contributed by atoms with Crippen molar-refractivity contribution in [3.63, 3.8) is 0 Å². The lowest BCUT2D eigenvalue weighted by Crippen LogP contribution is -2.64. The van der Waals surface area contributed by atoms with Crippen LogP contribution in [-0.2, 0) is 22.4 Å². The number of hydrogen-bond acceptors (Lipinski definition) is 7. The van der Waals surface area contributed by atoms with Gasteiger partial charge in [0.1, 0.15) is 17.1 Å². The second-order valence-electron chi connectivity index (χ2n) is 7.18. The Bertz CT molecular complexity index is 919. The van der Waals surface area contributed by atoms with Crippen LogP contribution in [0, 0.1) is 12.8 Å². The van der Waals surface area contributed by atoms with Crippen LogP contribution in [0.3, 0.4) is 0 Å². The zero-order valence-electron chi connectivity index (χ0n) is 15.1. The number of primary amides is 1. The fourth-order valence-electron chi connectivity index (χ4n) is 4.13. The zero-order valence-corrected chi connectivity index (χ0v) is 15.1. The molecular formula is C19H22N2O6. The first kappa shape index (κ1) is 19.1. The van der Waals surface area contributed by atoms with Crippen LogP contribution in [0.25, 0.3) is 0 Å². The normalized spacial score (nSPS) is 27.4. The molecular weight excluding hydrogens is 352 g/mol. The molecule has 0 saturated heterocycles. The number of Topliss-reactive ketones (excluding diaryl/α,β-unsaturated/α-hetero) is 2. The van der Waals surface area contributed by atoms with Gasteiger partial charge in [0.25, 0.3) is 5.91 Å². The second kappa shape index (κ2) is 6.17. The highest BCUT2D eigenvalue weighted by molar-refractivity contribution is 6.24. The number of fused-ring (bicyclic) bond motifs is 2. The number of aromatic hydroxyl groups is 1. The lowest BCUT2D eigenvalue weighted by Gasteiger charge is -2.44. The monoisotopic (exact) mass is 374 g/mol. The van der Waals surface area contributed by atoms with Crippen LogP contribution < -0.4 is 11.5 Å². The Morgan fingerprint density at radius 2 is 1.96 bits per heavy atom. The topological polar surface area (TPSA) is 164 Å². The third kappa shape index (κ3) is 2.40. The van der Waals surface area contributed by atoms with Crippen molar-refractivity contribution in [2.45, 2.75) is 44.8 Å². The molecule has 0 heterocycles. The fraction of sp³-hybridized carbons (Fsp3) is 0.421. The Hall–Kier alpha value is -2.71. The Labute approximate surface area is 155 Å². The number of carbonyl (C=O) groups is 3. The SMILES string of the molecule is CCCc1cc2c(c(O)c1C)C(=O)[C@]1(O)C(O)=C(C(N)=O)C(=O)C(N)[C@@H]1C2. The predicted octanol–water partition coefficient (Wildman–Crippen LogP) is -0.0534. The van der Waals surface area contributed by atoms with Crippen molar-refractivity contribution in [1.29, 1.82) is 0 Å². The molecule has 8 nitrogen and oxygen atoms in total. The minimum absolute atomic E-state index is 0.0227. The number of amides is 1. The predicted molar refractivity (Wildman–Crippen MR) is 95.1 cm³/mol. The third-order valence-electron chi connectivity index (χ3n) is 5.64. The molecule has 3 rings (SSSR count). The van der Waals surface area contributed by atoms with Crippen LogP contribution in [0.1, 0.15) is 40.4 Å². The van der Waals surface area contributed by atoms with E-state index in [1.165, 1.54) is 0 Å². The van der Waals surface area contributed by atoms with Gasteiger partial charge >= 0.3 is 0 Å². The molecule has 0 bridgehead atoms. The first-order valence-electron chi connectivity index (χ1n) is 8.72. The second-order valence-corrected chi connectivity index (χ2v) is 7.18. The Balaban J connectivity index is 2.29. The van der Waals surface area contributed by atoms with E-state index in [4.69, 9.17) is 11.5 Å². The molecule has 0 radical (unpaired) electrons. The van der Waals surface area contributed by atoms with Gasteiger partial charge in [-0.15, -0.1) is 0 Å². The molecule has 0 spiro atoms. The summed E-state index contributed by atoms with van der Waals surface area (Å²) in [5, 5.41) is 32.1. The van der Waals surface area contributed by atoms with Gasteiger partial charge in [0, 0.05) is 5.92 Å². The van der Waals surface area contributed by atoms with E-state index in [0.29, 0.717) is 17.5 Å². The molecule has 1 amide bonds. The highest BCUT2D eigenvalue weighted by Crippen LogP contribution is 2.46. The smallest absolute Gasteiger partial charge is 0.255 e. The molecule has 8 heteroatoms. The van der Waals surface area contributed by atoms with Gasteiger partial charge in [0.05, 0.1) is 11.6 Å². The summed E-state index contributed by atoms with van der Waals surface area (Å²) in [4.78, 5) is 37.1. The van der Waals surface area contributed by atoms with E-state index >= 15 is 0 Å². The fourth-order valence-corrected chi connectivity index (χ4v) is 4.13. The highest BCUT2D eigenvalue weighted by atomic mass is 16.3. The Morgan fingerprint density at radius 3 is 2.52 bits per heavy atom. The molecule has 2 aliphatic rings. The summed E-state index contributed by atoms with van der Waals surface area (Å²) in [5.74, 6) is -5.77. The van der Waals surface area contributed by atoms with Crippen LogP contribution in [0.5, 0.6) is 5.75 Å². The van der Waals surface area contributed by atoms with Crippen molar-refractivity contribution in [3.8, 4) is 5.75 Å². The largest absolute Gasteiger partial charge is 0.508 e. The maximum Gasteiger partial charge on any atom is 0.255 e. The molecule has 144 valence electrons. The number of rotatable bonds is 3. The molecule has 0 aromatic heterocycles. The number of hydrogen-bond donors (Lipinski definition) is 5. The van der Waals surface area contributed by atoms with Crippen LogP contribution in [0.2, 0.25) is 0 Å². The van der Waals surface area contributed by atoms with Gasteiger partial charge < -0.3 is 26.8 Å².